The maximum Gasteiger partial charge on any atom is 0.276 e. The van der Waals surface area contributed by atoms with Crippen molar-refractivity contribution in [1.82, 2.24) is 0 Å². The predicted molar refractivity (Wildman–Crippen MR) is 55.8 cm³/mol. The minimum absolute atomic E-state index is 0.0243. The third-order valence-corrected chi connectivity index (χ3v) is 2.51. The van der Waals surface area contributed by atoms with E-state index in [0.717, 1.165) is 0 Å². The van der Waals surface area contributed by atoms with E-state index in [1.807, 2.05) is 0 Å². The molecule has 2 N–H and O–H groups in total. The van der Waals surface area contributed by atoms with Crippen molar-refractivity contribution in [2.24, 2.45) is 5.73 Å². The molecule has 1 aromatic rings. The summed E-state index contributed by atoms with van der Waals surface area (Å²) in [4.78, 5) is 21.4. The van der Waals surface area contributed by atoms with Crippen LogP contribution in [0, 0.1) is 30.9 Å². The minimum Gasteiger partial charge on any atom is -0.366 e. The maximum atomic E-state index is 11.1. The van der Waals surface area contributed by atoms with E-state index in [2.05, 4.69) is 0 Å². The summed E-state index contributed by atoms with van der Waals surface area (Å²) in [6, 6.07) is 1.58. The fraction of sp³-hybridized carbons (Fsp3) is 0.300. The number of hydrogen-bond acceptors (Lipinski definition) is 3. The number of rotatable bonds is 2. The summed E-state index contributed by atoms with van der Waals surface area (Å²) in [5.74, 6) is -0.640. The van der Waals surface area contributed by atoms with Crippen molar-refractivity contribution >= 4 is 11.6 Å². The van der Waals surface area contributed by atoms with Crippen LogP contribution in [0.4, 0.5) is 5.69 Å². The molecule has 15 heavy (non-hydrogen) atoms. The van der Waals surface area contributed by atoms with Gasteiger partial charge in [-0.25, -0.2) is 0 Å². The molecule has 0 aliphatic carbocycles. The monoisotopic (exact) mass is 208 g/mol. The van der Waals surface area contributed by atoms with Crippen LogP contribution in [-0.4, -0.2) is 10.8 Å². The van der Waals surface area contributed by atoms with Crippen LogP contribution in [0.1, 0.15) is 27.0 Å². The molecule has 0 saturated carbocycles. The van der Waals surface area contributed by atoms with Crippen LogP contribution in [-0.2, 0) is 0 Å². The summed E-state index contributed by atoms with van der Waals surface area (Å²) in [7, 11) is 0. The third-order valence-electron chi connectivity index (χ3n) is 2.51. The van der Waals surface area contributed by atoms with E-state index in [9.17, 15) is 14.9 Å². The number of primary amides is 1. The van der Waals surface area contributed by atoms with Gasteiger partial charge in [-0.15, -0.1) is 0 Å². The van der Waals surface area contributed by atoms with Gasteiger partial charge in [-0.3, -0.25) is 14.9 Å². The number of hydrogen-bond donors (Lipinski definition) is 1. The van der Waals surface area contributed by atoms with Gasteiger partial charge in [0.25, 0.3) is 5.69 Å². The van der Waals surface area contributed by atoms with Gasteiger partial charge in [-0.2, -0.15) is 0 Å². The van der Waals surface area contributed by atoms with Crippen LogP contribution in [0.3, 0.4) is 0 Å². The second-order valence-electron chi connectivity index (χ2n) is 3.46. The molecule has 0 bridgehead atoms. The molecule has 1 amide bonds. The summed E-state index contributed by atoms with van der Waals surface area (Å²) in [5, 5.41) is 10.8. The second-order valence-corrected chi connectivity index (χ2v) is 3.46. The Bertz CT molecular complexity index is 452. The zero-order valence-electron chi connectivity index (χ0n) is 8.83. The Labute approximate surface area is 87.0 Å². The molecule has 1 rings (SSSR count). The van der Waals surface area contributed by atoms with E-state index in [1.54, 1.807) is 19.9 Å². The van der Waals surface area contributed by atoms with Crippen LogP contribution in [0.5, 0.6) is 0 Å². The van der Waals surface area contributed by atoms with E-state index in [-0.39, 0.29) is 11.3 Å². The first-order valence-corrected chi connectivity index (χ1v) is 4.41. The predicted octanol–water partition coefficient (Wildman–Crippen LogP) is 1.62. The van der Waals surface area contributed by atoms with Gasteiger partial charge >= 0.3 is 0 Å². The zero-order chi connectivity index (χ0) is 11.7. The minimum atomic E-state index is -0.640. The number of nitrogens with two attached hydrogens (primary N) is 1. The quantitative estimate of drug-likeness (QED) is 0.591. The summed E-state index contributed by atoms with van der Waals surface area (Å²) in [6.07, 6.45) is 0. The average Bonchev–Trinajstić information content (AvgIpc) is 2.10. The molecule has 0 aromatic heterocycles. The first-order chi connectivity index (χ1) is 6.86. The summed E-state index contributed by atoms with van der Waals surface area (Å²) in [5.41, 5.74) is 6.93. The molecule has 0 radical (unpaired) electrons. The van der Waals surface area contributed by atoms with Crippen molar-refractivity contribution in [3.8, 4) is 0 Å². The normalized spacial score (nSPS) is 10.1. The smallest absolute Gasteiger partial charge is 0.276 e. The summed E-state index contributed by atoms with van der Waals surface area (Å²) < 4.78 is 0. The van der Waals surface area contributed by atoms with Crippen LogP contribution in [0.25, 0.3) is 0 Å². The lowest BCUT2D eigenvalue weighted by Gasteiger charge is -2.08. The van der Waals surface area contributed by atoms with Crippen LogP contribution in [0.15, 0.2) is 6.07 Å². The number of nitrogens with zero attached hydrogens (tertiary/aromatic N) is 1. The zero-order valence-corrected chi connectivity index (χ0v) is 8.83. The number of benzene rings is 1. The van der Waals surface area contributed by atoms with Crippen molar-refractivity contribution < 1.29 is 9.72 Å². The van der Waals surface area contributed by atoms with Crippen LogP contribution in [0.2, 0.25) is 0 Å². The van der Waals surface area contributed by atoms with E-state index >= 15 is 0 Å². The van der Waals surface area contributed by atoms with E-state index in [1.165, 1.54) is 6.92 Å². The number of nitro groups is 1. The fourth-order valence-corrected chi connectivity index (χ4v) is 1.56. The van der Waals surface area contributed by atoms with Crippen LogP contribution < -0.4 is 5.73 Å². The van der Waals surface area contributed by atoms with E-state index in [0.29, 0.717) is 16.7 Å². The van der Waals surface area contributed by atoms with Gasteiger partial charge in [-0.05, 0) is 32.4 Å². The van der Waals surface area contributed by atoms with Crippen molar-refractivity contribution in [3.63, 3.8) is 0 Å². The molecule has 1 aromatic carbocycles. The van der Waals surface area contributed by atoms with Gasteiger partial charge in [-0.1, -0.05) is 0 Å². The largest absolute Gasteiger partial charge is 0.366 e. The van der Waals surface area contributed by atoms with E-state index < -0.39 is 10.8 Å². The second kappa shape index (κ2) is 3.68. The molecule has 5 heteroatoms. The standard InChI is InChI=1S/C10H12N2O3/c1-5-4-8(10(11)13)7(3)9(6(5)2)12(14)15/h4H,1-3H3,(H2,11,13). The molecule has 0 spiro atoms. The molecule has 0 saturated heterocycles. The Kier molecular flexibility index (Phi) is 2.74. The lowest BCUT2D eigenvalue weighted by molar-refractivity contribution is -0.386. The molecule has 80 valence electrons. The molecular formula is C10H12N2O3. The number of aryl methyl sites for hydroxylation is 1. The van der Waals surface area contributed by atoms with Gasteiger partial charge in [0.1, 0.15) is 0 Å². The highest BCUT2D eigenvalue weighted by Gasteiger charge is 2.21. The number of carbonyl (C=O) groups excluding carboxylic acids is 1. The van der Waals surface area contributed by atoms with Crippen molar-refractivity contribution in [2.75, 3.05) is 0 Å². The van der Waals surface area contributed by atoms with Gasteiger partial charge < -0.3 is 5.73 Å². The fourth-order valence-electron chi connectivity index (χ4n) is 1.56. The highest BCUT2D eigenvalue weighted by Crippen LogP contribution is 2.28. The summed E-state index contributed by atoms with van der Waals surface area (Å²) >= 11 is 0. The SMILES string of the molecule is Cc1cc(C(N)=O)c(C)c([N+](=O)[O-])c1C. The van der Waals surface area contributed by atoms with Crippen molar-refractivity contribution in [3.05, 3.63) is 38.4 Å². The number of carbonyl (C=O) groups is 1. The first-order valence-electron chi connectivity index (χ1n) is 4.41. The van der Waals surface area contributed by atoms with E-state index in [4.69, 9.17) is 5.73 Å². The molecule has 0 unspecified atom stereocenters. The number of nitro benzene ring substituents is 1. The van der Waals surface area contributed by atoms with Crippen molar-refractivity contribution in [1.29, 1.82) is 0 Å². The van der Waals surface area contributed by atoms with Gasteiger partial charge in [0.05, 0.1) is 4.92 Å². The Balaban J connectivity index is 3.63. The van der Waals surface area contributed by atoms with Gasteiger partial charge in [0, 0.05) is 16.7 Å². The third kappa shape index (κ3) is 1.81. The number of amides is 1. The van der Waals surface area contributed by atoms with Gasteiger partial charge in [0.15, 0.2) is 0 Å². The molecule has 0 aliphatic rings. The molecule has 0 aliphatic heterocycles. The Morgan fingerprint density at radius 2 is 1.87 bits per heavy atom. The Hall–Kier alpha value is -1.91. The molecule has 0 atom stereocenters. The first kappa shape index (κ1) is 11.2. The molecule has 5 nitrogen and oxygen atoms in total. The Morgan fingerprint density at radius 1 is 1.33 bits per heavy atom. The molecule has 0 heterocycles. The summed E-state index contributed by atoms with van der Waals surface area (Å²) in [6.45, 7) is 4.91. The highest BCUT2D eigenvalue weighted by molar-refractivity contribution is 5.95. The maximum absolute atomic E-state index is 11.1. The average molecular weight is 208 g/mol. The van der Waals surface area contributed by atoms with Crippen LogP contribution >= 0.6 is 0 Å². The topological polar surface area (TPSA) is 86.2 Å². The van der Waals surface area contributed by atoms with Crippen molar-refractivity contribution in [2.45, 2.75) is 20.8 Å². The van der Waals surface area contributed by atoms with Gasteiger partial charge in [0.2, 0.25) is 5.91 Å². The Morgan fingerprint density at radius 3 is 2.27 bits per heavy atom. The lowest BCUT2D eigenvalue weighted by Crippen LogP contribution is -2.14. The highest BCUT2D eigenvalue weighted by atomic mass is 16.6. The lowest BCUT2D eigenvalue weighted by atomic mass is 9.98. The molecular weight excluding hydrogens is 196 g/mol. The molecule has 0 fully saturated rings.